The summed E-state index contributed by atoms with van der Waals surface area (Å²) in [6.07, 6.45) is 0. The van der Waals surface area contributed by atoms with Gasteiger partial charge in [-0.15, -0.1) is 0 Å². The number of nitrogens with zero attached hydrogens (tertiary/aromatic N) is 1. The zero-order chi connectivity index (χ0) is 21.1. The van der Waals surface area contributed by atoms with Gasteiger partial charge in [0.1, 0.15) is 6.54 Å². The van der Waals surface area contributed by atoms with Crippen LogP contribution in [0, 0.1) is 0 Å². The molecule has 7 nitrogen and oxygen atoms in total. The third kappa shape index (κ3) is 4.27. The van der Waals surface area contributed by atoms with E-state index in [0.29, 0.717) is 22.9 Å². The van der Waals surface area contributed by atoms with E-state index in [0.717, 1.165) is 8.78 Å². The first-order chi connectivity index (χ1) is 14.4. The molecule has 0 bridgehead atoms. The van der Waals surface area contributed by atoms with Gasteiger partial charge in [0, 0.05) is 16.2 Å². The van der Waals surface area contributed by atoms with E-state index >= 15 is 0 Å². The van der Waals surface area contributed by atoms with Crippen molar-refractivity contribution >= 4 is 43.2 Å². The summed E-state index contributed by atoms with van der Waals surface area (Å²) in [6, 6.07) is 19.7. The second kappa shape index (κ2) is 8.37. The Hall–Kier alpha value is -3.04. The second-order valence-corrected chi connectivity index (χ2v) is 9.20. The fourth-order valence-electron chi connectivity index (χ4n) is 2.95. The number of hydrogen-bond acceptors (Lipinski definition) is 5. The normalized spacial score (nSPS) is 12.4. The lowest BCUT2D eigenvalue weighted by atomic mass is 10.2. The predicted molar refractivity (Wildman–Crippen MR) is 116 cm³/mol. The van der Waals surface area contributed by atoms with Crippen molar-refractivity contribution in [2.45, 2.75) is 4.90 Å². The Morgan fingerprint density at radius 2 is 1.67 bits per heavy atom. The second-order valence-electron chi connectivity index (χ2n) is 6.42. The number of sulfonamides is 1. The van der Waals surface area contributed by atoms with E-state index in [1.807, 2.05) is 0 Å². The topological polar surface area (TPSA) is 84.9 Å². The van der Waals surface area contributed by atoms with Gasteiger partial charge in [0.15, 0.2) is 11.5 Å². The molecule has 0 saturated heterocycles. The molecule has 1 amide bonds. The van der Waals surface area contributed by atoms with Gasteiger partial charge < -0.3 is 14.8 Å². The van der Waals surface area contributed by atoms with E-state index < -0.39 is 22.5 Å². The summed E-state index contributed by atoms with van der Waals surface area (Å²) in [5, 5.41) is 2.72. The molecular formula is C21H17BrN2O5S. The third-order valence-electron chi connectivity index (χ3n) is 4.39. The van der Waals surface area contributed by atoms with Crippen molar-refractivity contribution in [3.05, 3.63) is 77.3 Å². The zero-order valence-corrected chi connectivity index (χ0v) is 18.0. The largest absolute Gasteiger partial charge is 0.454 e. The molecule has 0 fully saturated rings. The zero-order valence-electron chi connectivity index (χ0n) is 15.6. The number of rotatable bonds is 6. The number of fused-ring (bicyclic) bond motifs is 1. The number of ether oxygens (including phenoxy) is 2. The minimum absolute atomic E-state index is 0.101. The van der Waals surface area contributed by atoms with Gasteiger partial charge in [-0.1, -0.05) is 34.1 Å². The van der Waals surface area contributed by atoms with E-state index in [2.05, 4.69) is 21.2 Å². The van der Waals surface area contributed by atoms with Crippen LogP contribution in [0.4, 0.5) is 11.4 Å². The Morgan fingerprint density at radius 3 is 2.40 bits per heavy atom. The number of carbonyl (C=O) groups excluding carboxylic acids is 1. The van der Waals surface area contributed by atoms with Crippen LogP contribution in [0.1, 0.15) is 0 Å². The van der Waals surface area contributed by atoms with Gasteiger partial charge in [0.2, 0.25) is 12.7 Å². The summed E-state index contributed by atoms with van der Waals surface area (Å²) < 4.78 is 39.0. The van der Waals surface area contributed by atoms with Crippen molar-refractivity contribution in [3.8, 4) is 11.5 Å². The highest BCUT2D eigenvalue weighted by Gasteiger charge is 2.27. The van der Waals surface area contributed by atoms with E-state index in [4.69, 9.17) is 9.47 Å². The van der Waals surface area contributed by atoms with Crippen LogP contribution in [0.5, 0.6) is 11.5 Å². The highest BCUT2D eigenvalue weighted by molar-refractivity contribution is 9.10. The maximum Gasteiger partial charge on any atom is 0.264 e. The average molecular weight is 489 g/mol. The molecule has 1 aliphatic rings. The van der Waals surface area contributed by atoms with Gasteiger partial charge in [0.25, 0.3) is 10.0 Å². The number of benzene rings is 3. The van der Waals surface area contributed by atoms with Crippen LogP contribution < -0.4 is 19.1 Å². The standard InChI is InChI=1S/C21H17BrN2O5S/c22-15-6-9-17(10-7-15)24(30(26,27)18-4-2-1-3-5-18)13-21(25)23-16-8-11-19-20(12-16)29-14-28-19/h1-12H,13-14H2,(H,23,25). The molecule has 0 spiro atoms. The van der Waals surface area contributed by atoms with Gasteiger partial charge in [-0.3, -0.25) is 9.10 Å². The molecule has 1 heterocycles. The summed E-state index contributed by atoms with van der Waals surface area (Å²) >= 11 is 3.34. The molecule has 0 radical (unpaired) electrons. The fraction of sp³-hybridized carbons (Fsp3) is 0.0952. The number of anilines is 2. The van der Waals surface area contributed by atoms with E-state index in [1.54, 1.807) is 60.7 Å². The molecule has 4 rings (SSSR count). The molecule has 0 unspecified atom stereocenters. The Morgan fingerprint density at radius 1 is 0.967 bits per heavy atom. The molecule has 0 aromatic heterocycles. The minimum Gasteiger partial charge on any atom is -0.454 e. The van der Waals surface area contributed by atoms with Gasteiger partial charge in [-0.05, 0) is 48.5 Å². The van der Waals surface area contributed by atoms with E-state index in [-0.39, 0.29) is 11.7 Å². The summed E-state index contributed by atoms with van der Waals surface area (Å²) in [4.78, 5) is 12.8. The summed E-state index contributed by atoms with van der Waals surface area (Å²) in [6.45, 7) is -0.271. The first-order valence-electron chi connectivity index (χ1n) is 8.96. The quantitative estimate of drug-likeness (QED) is 0.566. The highest BCUT2D eigenvalue weighted by Crippen LogP contribution is 2.34. The Kier molecular flexibility index (Phi) is 5.65. The monoisotopic (exact) mass is 488 g/mol. The van der Waals surface area contributed by atoms with Gasteiger partial charge in [-0.2, -0.15) is 0 Å². The molecule has 3 aromatic rings. The molecule has 1 aliphatic heterocycles. The summed E-state index contributed by atoms with van der Waals surface area (Å²) in [5.41, 5.74) is 0.861. The maximum atomic E-state index is 13.3. The van der Waals surface area contributed by atoms with Crippen LogP contribution in [0.2, 0.25) is 0 Å². The minimum atomic E-state index is -3.95. The highest BCUT2D eigenvalue weighted by atomic mass is 79.9. The Bertz CT molecular complexity index is 1170. The van der Waals surface area contributed by atoms with Crippen molar-refractivity contribution in [3.63, 3.8) is 0 Å². The lowest BCUT2D eigenvalue weighted by Gasteiger charge is -2.24. The van der Waals surface area contributed by atoms with Crippen LogP contribution in [-0.4, -0.2) is 27.7 Å². The van der Waals surface area contributed by atoms with E-state index in [1.165, 1.54) is 12.1 Å². The SMILES string of the molecule is O=C(CN(c1ccc(Br)cc1)S(=O)(=O)c1ccccc1)Nc1ccc2c(c1)OCO2. The number of nitrogens with one attached hydrogen (secondary N) is 1. The molecule has 0 saturated carbocycles. The number of carbonyl (C=O) groups is 1. The van der Waals surface area contributed by atoms with Crippen LogP contribution >= 0.6 is 15.9 Å². The van der Waals surface area contributed by atoms with Crippen LogP contribution in [0.3, 0.4) is 0 Å². The lowest BCUT2D eigenvalue weighted by Crippen LogP contribution is -2.38. The van der Waals surface area contributed by atoms with Crippen LogP contribution in [-0.2, 0) is 14.8 Å². The fourth-order valence-corrected chi connectivity index (χ4v) is 4.65. The van der Waals surface area contributed by atoms with Gasteiger partial charge in [0.05, 0.1) is 10.6 Å². The summed E-state index contributed by atoms with van der Waals surface area (Å²) in [5.74, 6) is 0.627. The molecule has 1 N–H and O–H groups in total. The van der Waals surface area contributed by atoms with Crippen molar-refractivity contribution in [1.82, 2.24) is 0 Å². The van der Waals surface area contributed by atoms with E-state index in [9.17, 15) is 13.2 Å². The smallest absolute Gasteiger partial charge is 0.264 e. The lowest BCUT2D eigenvalue weighted by molar-refractivity contribution is -0.114. The van der Waals surface area contributed by atoms with Crippen molar-refractivity contribution in [2.24, 2.45) is 0 Å². The van der Waals surface area contributed by atoms with Crippen LogP contribution in [0.25, 0.3) is 0 Å². The molecule has 3 aromatic carbocycles. The number of halogens is 1. The average Bonchev–Trinajstić information content (AvgIpc) is 3.21. The maximum absolute atomic E-state index is 13.3. The van der Waals surface area contributed by atoms with Gasteiger partial charge in [-0.25, -0.2) is 8.42 Å². The molecule has 9 heteroatoms. The molecule has 30 heavy (non-hydrogen) atoms. The number of amides is 1. The molecule has 0 atom stereocenters. The Labute approximate surface area is 182 Å². The van der Waals surface area contributed by atoms with Crippen molar-refractivity contribution in [2.75, 3.05) is 23.0 Å². The molecule has 0 aliphatic carbocycles. The van der Waals surface area contributed by atoms with Crippen molar-refractivity contribution < 1.29 is 22.7 Å². The third-order valence-corrected chi connectivity index (χ3v) is 6.71. The Balaban J connectivity index is 1.61. The van der Waals surface area contributed by atoms with Crippen LogP contribution in [0.15, 0.2) is 82.2 Å². The summed E-state index contributed by atoms with van der Waals surface area (Å²) in [7, 11) is -3.95. The first-order valence-corrected chi connectivity index (χ1v) is 11.2. The number of hydrogen-bond donors (Lipinski definition) is 1. The predicted octanol–water partition coefficient (Wildman–Crippen LogP) is 4.01. The van der Waals surface area contributed by atoms with Gasteiger partial charge >= 0.3 is 0 Å². The molecule has 154 valence electrons. The molecular weight excluding hydrogens is 472 g/mol. The van der Waals surface area contributed by atoms with Crippen molar-refractivity contribution in [1.29, 1.82) is 0 Å². The first kappa shape index (κ1) is 20.2.